The summed E-state index contributed by atoms with van der Waals surface area (Å²) < 4.78 is 0. The van der Waals surface area contributed by atoms with E-state index in [0.29, 0.717) is 11.8 Å². The van der Waals surface area contributed by atoms with E-state index in [0.717, 1.165) is 12.8 Å². The highest BCUT2D eigenvalue weighted by molar-refractivity contribution is 5.35. The number of hydrogen-bond donors (Lipinski definition) is 2. The summed E-state index contributed by atoms with van der Waals surface area (Å²) in [6.07, 6.45) is 2.30. The molecule has 0 aromatic heterocycles. The van der Waals surface area contributed by atoms with Gasteiger partial charge in [-0.25, -0.2) is 0 Å². The summed E-state index contributed by atoms with van der Waals surface area (Å²) in [7, 11) is 0. The monoisotopic (exact) mass is 294 g/mol. The Balaban J connectivity index is 0.000000131. The fourth-order valence-corrected chi connectivity index (χ4v) is 3.65. The van der Waals surface area contributed by atoms with Gasteiger partial charge in [0.15, 0.2) is 0 Å². The fraction of sp³-hybridized carbons (Fsp3) is 0.400. The third-order valence-corrected chi connectivity index (χ3v) is 5.14. The second kappa shape index (κ2) is 6.23. The van der Waals surface area contributed by atoms with Crippen molar-refractivity contribution in [2.45, 2.75) is 38.8 Å². The molecule has 2 aliphatic carbocycles. The maximum Gasteiger partial charge on any atom is 0.0326 e. The largest absolute Gasteiger partial charge is 0.324 e. The van der Waals surface area contributed by atoms with Gasteiger partial charge in [-0.3, -0.25) is 0 Å². The average molecular weight is 294 g/mol. The first-order valence-electron chi connectivity index (χ1n) is 8.24. The van der Waals surface area contributed by atoms with E-state index < -0.39 is 0 Å². The molecule has 0 spiro atoms. The number of rotatable bonds is 0. The Morgan fingerprint density at radius 1 is 0.682 bits per heavy atom. The topological polar surface area (TPSA) is 52.0 Å². The Labute approximate surface area is 133 Å². The van der Waals surface area contributed by atoms with E-state index in [1.165, 1.54) is 22.3 Å². The molecule has 0 unspecified atom stereocenters. The van der Waals surface area contributed by atoms with Gasteiger partial charge in [0.25, 0.3) is 0 Å². The second-order valence-electron chi connectivity index (χ2n) is 6.81. The molecule has 0 fully saturated rings. The van der Waals surface area contributed by atoms with Gasteiger partial charge < -0.3 is 11.5 Å². The predicted octanol–water partition coefficient (Wildman–Crippen LogP) is 3.76. The Morgan fingerprint density at radius 3 is 1.41 bits per heavy atom. The Kier molecular flexibility index (Phi) is 4.32. The summed E-state index contributed by atoms with van der Waals surface area (Å²) in [6, 6.07) is 17.5. The van der Waals surface area contributed by atoms with Crippen LogP contribution in [0.4, 0.5) is 0 Å². The molecule has 0 amide bonds. The third kappa shape index (κ3) is 2.81. The van der Waals surface area contributed by atoms with E-state index in [9.17, 15) is 0 Å². The summed E-state index contributed by atoms with van der Waals surface area (Å²) in [4.78, 5) is 0. The van der Waals surface area contributed by atoms with Crippen LogP contribution in [0, 0.1) is 11.8 Å². The van der Waals surface area contributed by atoms with Crippen molar-refractivity contribution in [3.8, 4) is 0 Å². The van der Waals surface area contributed by atoms with Crippen LogP contribution in [0.3, 0.4) is 0 Å². The van der Waals surface area contributed by atoms with Crippen molar-refractivity contribution >= 4 is 0 Å². The quantitative estimate of drug-likeness (QED) is 0.777. The highest BCUT2D eigenvalue weighted by Gasteiger charge is 2.25. The molecule has 2 aromatic rings. The molecule has 2 nitrogen and oxygen atoms in total. The molecule has 2 aromatic carbocycles. The first-order valence-corrected chi connectivity index (χ1v) is 8.24. The summed E-state index contributed by atoms with van der Waals surface area (Å²) in [6.45, 7) is 4.43. The van der Waals surface area contributed by atoms with Crippen molar-refractivity contribution < 1.29 is 0 Å². The molecule has 0 saturated heterocycles. The van der Waals surface area contributed by atoms with Crippen LogP contribution in [0.2, 0.25) is 0 Å². The average Bonchev–Trinajstić information content (AvgIpc) is 2.98. The van der Waals surface area contributed by atoms with E-state index in [1.54, 1.807) is 0 Å². The zero-order valence-electron chi connectivity index (χ0n) is 13.5. The molecule has 2 aliphatic rings. The van der Waals surface area contributed by atoms with E-state index in [4.69, 9.17) is 11.5 Å². The van der Waals surface area contributed by atoms with Gasteiger partial charge in [-0.1, -0.05) is 62.4 Å². The van der Waals surface area contributed by atoms with Gasteiger partial charge >= 0.3 is 0 Å². The van der Waals surface area contributed by atoms with Crippen LogP contribution in [0.1, 0.15) is 48.2 Å². The lowest BCUT2D eigenvalue weighted by Crippen LogP contribution is -2.13. The molecule has 0 aliphatic heterocycles. The van der Waals surface area contributed by atoms with Crippen molar-refractivity contribution in [1.29, 1.82) is 0 Å². The van der Waals surface area contributed by atoms with E-state index >= 15 is 0 Å². The highest BCUT2D eigenvalue weighted by atomic mass is 14.7. The molecule has 4 atom stereocenters. The Morgan fingerprint density at radius 2 is 1.05 bits per heavy atom. The maximum absolute atomic E-state index is 5.99. The smallest absolute Gasteiger partial charge is 0.0326 e. The normalized spacial score (nSPS) is 28.5. The summed E-state index contributed by atoms with van der Waals surface area (Å²) in [5.41, 5.74) is 17.5. The number of nitrogens with two attached hydrogens (primary N) is 2. The molecule has 0 bridgehead atoms. The summed E-state index contributed by atoms with van der Waals surface area (Å²) in [5, 5.41) is 0. The highest BCUT2D eigenvalue weighted by Crippen LogP contribution is 2.34. The Hall–Kier alpha value is -1.64. The van der Waals surface area contributed by atoms with Gasteiger partial charge in [0.05, 0.1) is 0 Å². The minimum atomic E-state index is 0.270. The van der Waals surface area contributed by atoms with E-state index in [-0.39, 0.29) is 12.1 Å². The molecule has 4 rings (SSSR count). The first kappa shape index (κ1) is 15.3. The molecule has 22 heavy (non-hydrogen) atoms. The lowest BCUT2D eigenvalue weighted by molar-refractivity contribution is 0.513. The van der Waals surface area contributed by atoms with Crippen LogP contribution < -0.4 is 11.5 Å². The van der Waals surface area contributed by atoms with Crippen molar-refractivity contribution in [2.24, 2.45) is 23.3 Å². The second-order valence-corrected chi connectivity index (χ2v) is 6.81. The molecular weight excluding hydrogens is 268 g/mol. The van der Waals surface area contributed by atoms with Gasteiger partial charge in [0.1, 0.15) is 0 Å². The van der Waals surface area contributed by atoms with Crippen LogP contribution in [0.5, 0.6) is 0 Å². The molecule has 116 valence electrons. The zero-order chi connectivity index (χ0) is 15.7. The standard InChI is InChI=1S/2C10H13N/c2*1-7-6-8-4-2-3-5-9(8)10(7)11/h2*2-5,7,10H,6,11H2,1H3/t7-,10+;7-,10-/m11/s1. The third-order valence-electron chi connectivity index (χ3n) is 5.14. The van der Waals surface area contributed by atoms with Crippen LogP contribution in [0.25, 0.3) is 0 Å². The number of hydrogen-bond acceptors (Lipinski definition) is 2. The zero-order valence-corrected chi connectivity index (χ0v) is 13.5. The molecule has 0 radical (unpaired) electrons. The van der Waals surface area contributed by atoms with Gasteiger partial charge in [0.2, 0.25) is 0 Å². The predicted molar refractivity (Wildman–Crippen MR) is 92.5 cm³/mol. The molecule has 0 saturated carbocycles. The first-order chi connectivity index (χ1) is 10.6. The molecular formula is C20H26N2. The van der Waals surface area contributed by atoms with E-state index in [1.807, 2.05) is 0 Å². The van der Waals surface area contributed by atoms with Crippen LogP contribution in [-0.4, -0.2) is 0 Å². The van der Waals surface area contributed by atoms with Crippen LogP contribution in [0.15, 0.2) is 48.5 Å². The van der Waals surface area contributed by atoms with E-state index in [2.05, 4.69) is 62.4 Å². The van der Waals surface area contributed by atoms with Gasteiger partial charge in [-0.2, -0.15) is 0 Å². The fourth-order valence-electron chi connectivity index (χ4n) is 3.65. The van der Waals surface area contributed by atoms with Crippen LogP contribution >= 0.6 is 0 Å². The lowest BCUT2D eigenvalue weighted by atomic mass is 10.0. The van der Waals surface area contributed by atoms with Crippen LogP contribution in [-0.2, 0) is 12.8 Å². The minimum Gasteiger partial charge on any atom is -0.324 e. The van der Waals surface area contributed by atoms with Crippen molar-refractivity contribution in [1.82, 2.24) is 0 Å². The van der Waals surface area contributed by atoms with Gasteiger partial charge in [-0.15, -0.1) is 0 Å². The van der Waals surface area contributed by atoms with Gasteiger partial charge in [0, 0.05) is 12.1 Å². The molecule has 4 N–H and O–H groups in total. The van der Waals surface area contributed by atoms with Gasteiger partial charge in [-0.05, 0) is 46.9 Å². The Bertz CT molecular complexity index is 592. The molecule has 0 heterocycles. The number of benzene rings is 2. The SMILES string of the molecule is C[C@@H]1Cc2ccccc2[C@@H]1N.C[C@@H]1Cc2ccccc2[C@H]1N. The maximum atomic E-state index is 5.99. The summed E-state index contributed by atoms with van der Waals surface area (Å²) >= 11 is 0. The van der Waals surface area contributed by atoms with Crippen molar-refractivity contribution in [2.75, 3.05) is 0 Å². The van der Waals surface area contributed by atoms with Crippen molar-refractivity contribution in [3.05, 3.63) is 70.8 Å². The van der Waals surface area contributed by atoms with Crippen molar-refractivity contribution in [3.63, 3.8) is 0 Å². The summed E-state index contributed by atoms with van der Waals surface area (Å²) in [5.74, 6) is 1.24. The number of fused-ring (bicyclic) bond motifs is 2. The minimum absolute atomic E-state index is 0.270. The molecule has 2 heteroatoms. The lowest BCUT2D eigenvalue weighted by Gasteiger charge is -2.08.